The largest absolute Gasteiger partial charge is 0.481 e. The van der Waals surface area contributed by atoms with E-state index in [-0.39, 0.29) is 5.56 Å². The molecule has 11 heteroatoms. The third-order valence-electron chi connectivity index (χ3n) is 2.85. The second-order valence-electron chi connectivity index (χ2n) is 4.36. The average molecular weight is 348 g/mol. The summed E-state index contributed by atoms with van der Waals surface area (Å²) in [6.45, 7) is 0. The van der Waals surface area contributed by atoms with E-state index >= 15 is 0 Å². The van der Waals surface area contributed by atoms with Gasteiger partial charge in [-0.15, -0.1) is 0 Å². The van der Waals surface area contributed by atoms with Crippen LogP contribution in [0.2, 0.25) is 0 Å². The van der Waals surface area contributed by atoms with E-state index in [4.69, 9.17) is 20.1 Å². The molecule has 1 unspecified atom stereocenters. The first-order valence-electron chi connectivity index (χ1n) is 6.18. The summed E-state index contributed by atoms with van der Waals surface area (Å²) in [5.41, 5.74) is 2.76. The topological polar surface area (TPSA) is 149 Å². The maximum Gasteiger partial charge on any atom is 0.455 e. The molecule has 0 radical (unpaired) electrons. The van der Waals surface area contributed by atoms with Gasteiger partial charge in [0.2, 0.25) is 5.54 Å². The fourth-order valence-electron chi connectivity index (χ4n) is 2.05. The van der Waals surface area contributed by atoms with E-state index in [1.54, 1.807) is 6.07 Å². The summed E-state index contributed by atoms with van der Waals surface area (Å²) in [6.07, 6.45) is -0.877. The molecule has 1 aromatic rings. The van der Waals surface area contributed by atoms with Crippen LogP contribution < -0.4 is 5.50 Å². The summed E-state index contributed by atoms with van der Waals surface area (Å²) >= 11 is 0. The van der Waals surface area contributed by atoms with E-state index in [9.17, 15) is 19.3 Å². The van der Waals surface area contributed by atoms with Crippen LogP contribution >= 0.6 is 7.75 Å². The summed E-state index contributed by atoms with van der Waals surface area (Å²) in [4.78, 5) is 42.6. The van der Waals surface area contributed by atoms with Gasteiger partial charge in [0.1, 0.15) is 0 Å². The minimum atomic E-state index is -4.72. The molecule has 10 nitrogen and oxygen atoms in total. The third-order valence-corrected chi connectivity index (χ3v) is 3.28. The van der Waals surface area contributed by atoms with Gasteiger partial charge in [0.15, 0.2) is 0 Å². The lowest BCUT2D eigenvalue weighted by atomic mass is 9.87. The molecular formula is C12H17N2O8P. The van der Waals surface area contributed by atoms with Crippen LogP contribution in [0.3, 0.4) is 0 Å². The van der Waals surface area contributed by atoms with E-state index < -0.39 is 31.6 Å². The lowest BCUT2D eigenvalue weighted by Gasteiger charge is -2.37. The molecule has 4 N–H and O–H groups in total. The van der Waals surface area contributed by atoms with Gasteiger partial charge in [-0.25, -0.2) is 14.9 Å². The molecular weight excluding hydrogens is 331 g/mol. The Morgan fingerprint density at radius 1 is 1.26 bits per heavy atom. The summed E-state index contributed by atoms with van der Waals surface area (Å²) < 4.78 is 15.6. The van der Waals surface area contributed by atoms with Crippen LogP contribution in [0.15, 0.2) is 30.3 Å². The van der Waals surface area contributed by atoms with Crippen LogP contribution in [0, 0.1) is 0 Å². The van der Waals surface area contributed by atoms with Crippen molar-refractivity contribution in [3.8, 4) is 0 Å². The number of hydrogen-bond acceptors (Lipinski definition) is 7. The number of aliphatic carboxylic acids is 1. The van der Waals surface area contributed by atoms with Crippen molar-refractivity contribution in [3.05, 3.63) is 35.9 Å². The average Bonchev–Trinajstić information content (AvgIpc) is 2.45. The number of hydroxylamine groups is 2. The second kappa shape index (κ2) is 7.64. The minimum absolute atomic E-state index is 0.101. The zero-order chi connectivity index (χ0) is 17.7. The van der Waals surface area contributed by atoms with Crippen molar-refractivity contribution in [2.45, 2.75) is 12.0 Å². The van der Waals surface area contributed by atoms with Gasteiger partial charge in [-0.2, -0.15) is 0 Å². The zero-order valence-corrected chi connectivity index (χ0v) is 13.3. The smallest absolute Gasteiger partial charge is 0.455 e. The van der Waals surface area contributed by atoms with Crippen molar-refractivity contribution in [2.75, 3.05) is 14.2 Å². The molecule has 1 aromatic carbocycles. The van der Waals surface area contributed by atoms with Gasteiger partial charge in [-0.1, -0.05) is 30.3 Å². The van der Waals surface area contributed by atoms with Gasteiger partial charge in [0, 0.05) is 0 Å². The van der Waals surface area contributed by atoms with Crippen LogP contribution in [0.1, 0.15) is 12.0 Å². The van der Waals surface area contributed by atoms with Gasteiger partial charge < -0.3 is 14.5 Å². The van der Waals surface area contributed by atoms with Crippen LogP contribution in [0.25, 0.3) is 0 Å². The first-order valence-corrected chi connectivity index (χ1v) is 7.83. The summed E-state index contributed by atoms with van der Waals surface area (Å²) in [6, 6.07) is 7.51. The van der Waals surface area contributed by atoms with Gasteiger partial charge in [0.05, 0.1) is 20.6 Å². The molecule has 0 bridgehead atoms. The molecule has 0 fully saturated rings. The number of rotatable bonds is 8. The van der Waals surface area contributed by atoms with Gasteiger partial charge in [-0.3, -0.25) is 14.5 Å². The van der Waals surface area contributed by atoms with Gasteiger partial charge in [-0.05, 0) is 10.8 Å². The Morgan fingerprint density at radius 3 is 2.17 bits per heavy atom. The first kappa shape index (κ1) is 19.2. The number of nitrogens with zero attached hydrogens (tertiary/aromatic N) is 1. The quantitative estimate of drug-likeness (QED) is 0.444. The number of hydrogen-bond donors (Lipinski definition) is 3. The fourth-order valence-corrected chi connectivity index (χ4v) is 2.44. The van der Waals surface area contributed by atoms with Crippen LogP contribution in [0.4, 0.5) is 0 Å². The normalized spacial score (nSPS) is 16.4. The highest BCUT2D eigenvalue weighted by Crippen LogP contribution is 2.40. The molecule has 1 rings (SSSR count). The number of carboxylic acids is 1. The third kappa shape index (κ3) is 4.58. The van der Waals surface area contributed by atoms with E-state index in [1.165, 1.54) is 24.3 Å². The molecule has 0 aliphatic heterocycles. The van der Waals surface area contributed by atoms with Gasteiger partial charge in [0.25, 0.3) is 0 Å². The molecule has 23 heavy (non-hydrogen) atoms. The number of benzene rings is 1. The van der Waals surface area contributed by atoms with E-state index in [0.29, 0.717) is 5.23 Å². The van der Waals surface area contributed by atoms with Crippen molar-refractivity contribution in [1.82, 2.24) is 5.23 Å². The Hall–Kier alpha value is -1.81. The molecule has 0 spiro atoms. The minimum Gasteiger partial charge on any atom is -0.481 e. The Bertz CT molecular complexity index is 600. The number of carboxylic acid groups (broad SMARTS) is 1. The SMILES string of the molecule is CON(OC)[C@@](CC(=O)O)(C(=O)OP(N)(=O)O)c1ccccc1. The monoisotopic (exact) mass is 348 g/mol. The van der Waals surface area contributed by atoms with Crippen molar-refractivity contribution in [3.63, 3.8) is 0 Å². The van der Waals surface area contributed by atoms with Gasteiger partial charge >= 0.3 is 19.7 Å². The van der Waals surface area contributed by atoms with Crippen molar-refractivity contribution < 1.29 is 38.4 Å². The van der Waals surface area contributed by atoms with E-state index in [1.807, 2.05) is 0 Å². The Labute approximate surface area is 131 Å². The predicted molar refractivity (Wildman–Crippen MR) is 76.3 cm³/mol. The molecule has 0 saturated carbocycles. The van der Waals surface area contributed by atoms with Crippen LogP contribution in [0.5, 0.6) is 0 Å². The lowest BCUT2D eigenvalue weighted by Crippen LogP contribution is -2.53. The second-order valence-corrected chi connectivity index (χ2v) is 5.67. The standard InChI is InChI=1S/C12H17N2O8P/c1-20-14(21-2)12(8-10(15)16,9-6-4-3-5-7-9)11(17)22-23(13,18)19/h3-7H,8H2,1-2H3,(H,15,16)(H3,13,18,19)/t12-/m1/s1. The number of nitrogens with two attached hydrogens (primary N) is 1. The Morgan fingerprint density at radius 2 is 1.78 bits per heavy atom. The lowest BCUT2D eigenvalue weighted by molar-refractivity contribution is -0.389. The molecule has 128 valence electrons. The Balaban J connectivity index is 3.55. The number of carbonyl (C=O) groups excluding carboxylic acids is 1. The van der Waals surface area contributed by atoms with E-state index in [0.717, 1.165) is 14.2 Å². The van der Waals surface area contributed by atoms with E-state index in [2.05, 4.69) is 4.52 Å². The molecule has 0 saturated heterocycles. The molecule has 2 atom stereocenters. The highest BCUT2D eigenvalue weighted by Gasteiger charge is 2.52. The highest BCUT2D eigenvalue weighted by atomic mass is 31.2. The van der Waals surface area contributed by atoms with Crippen molar-refractivity contribution in [1.29, 1.82) is 0 Å². The predicted octanol–water partition coefficient (Wildman–Crippen LogP) is 0.384. The summed E-state index contributed by atoms with van der Waals surface area (Å²) in [7, 11) is -2.48. The fraction of sp³-hybridized carbons (Fsp3) is 0.333. The summed E-state index contributed by atoms with van der Waals surface area (Å²) in [5.74, 6) is -2.82. The number of carbonyl (C=O) groups is 2. The zero-order valence-electron chi connectivity index (χ0n) is 12.4. The van der Waals surface area contributed by atoms with Crippen LogP contribution in [-0.2, 0) is 33.9 Å². The highest BCUT2D eigenvalue weighted by molar-refractivity contribution is 7.50. The maximum atomic E-state index is 12.5. The van der Waals surface area contributed by atoms with Crippen LogP contribution in [-0.4, -0.2) is 41.4 Å². The molecule has 0 heterocycles. The molecule has 0 aliphatic rings. The van der Waals surface area contributed by atoms with Crippen molar-refractivity contribution in [2.24, 2.45) is 5.50 Å². The summed E-state index contributed by atoms with van der Waals surface area (Å²) in [5, 5.41) is 9.75. The first-order chi connectivity index (χ1) is 10.7. The molecule has 0 aliphatic carbocycles. The molecule has 0 aromatic heterocycles. The maximum absolute atomic E-state index is 12.5. The van der Waals surface area contributed by atoms with Crippen molar-refractivity contribution >= 4 is 19.7 Å². The Kier molecular flexibility index (Phi) is 6.39. The molecule has 0 amide bonds.